The maximum absolute atomic E-state index is 11.7. The number of nitrogens with one attached hydrogen (secondary N) is 1. The molecule has 1 aliphatic carbocycles. The van der Waals surface area contributed by atoms with Gasteiger partial charge in [-0.25, -0.2) is 4.79 Å². The maximum Gasteiger partial charge on any atom is 0.329 e. The van der Waals surface area contributed by atoms with Crippen molar-refractivity contribution in [2.45, 2.75) is 64.0 Å². The zero-order valence-corrected chi connectivity index (χ0v) is 14.2. The van der Waals surface area contributed by atoms with Crippen LogP contribution in [0.1, 0.15) is 52.9 Å². The van der Waals surface area contributed by atoms with Gasteiger partial charge >= 0.3 is 5.97 Å². The Hall–Kier alpha value is -1.42. The van der Waals surface area contributed by atoms with Crippen LogP contribution in [0.25, 0.3) is 0 Å². The molecule has 1 aromatic rings. The number of hydrogen-bond donors (Lipinski definition) is 2. The molecule has 2 rings (SSSR count). The number of carboxylic acid groups (broad SMARTS) is 1. The van der Waals surface area contributed by atoms with Crippen molar-refractivity contribution < 1.29 is 14.6 Å². The Morgan fingerprint density at radius 1 is 1.27 bits per heavy atom. The van der Waals surface area contributed by atoms with E-state index in [1.165, 1.54) is 0 Å². The number of carbonyl (C=O) groups is 1. The highest BCUT2D eigenvalue weighted by Gasteiger charge is 2.39. The molecular formula is C17H24ClNO3. The summed E-state index contributed by atoms with van der Waals surface area (Å²) in [4.78, 5) is 11.7. The molecule has 0 atom stereocenters. The van der Waals surface area contributed by atoms with Crippen molar-refractivity contribution in [3.63, 3.8) is 0 Å². The lowest BCUT2D eigenvalue weighted by Gasteiger charge is -2.35. The first-order valence-electron chi connectivity index (χ1n) is 7.72. The van der Waals surface area contributed by atoms with Gasteiger partial charge in [0.1, 0.15) is 16.9 Å². The molecule has 0 unspecified atom stereocenters. The van der Waals surface area contributed by atoms with Gasteiger partial charge in [-0.1, -0.05) is 30.9 Å². The zero-order chi connectivity index (χ0) is 16.4. The monoisotopic (exact) mass is 325 g/mol. The normalized spacial score (nSPS) is 17.8. The summed E-state index contributed by atoms with van der Waals surface area (Å²) in [6, 6.07) is 5.35. The third-order valence-corrected chi connectivity index (χ3v) is 4.14. The largest absolute Gasteiger partial charge is 0.487 e. The minimum atomic E-state index is -0.881. The van der Waals surface area contributed by atoms with Crippen LogP contribution in [-0.4, -0.2) is 22.2 Å². The molecule has 22 heavy (non-hydrogen) atoms. The highest BCUT2D eigenvalue weighted by atomic mass is 35.5. The average molecular weight is 326 g/mol. The fourth-order valence-corrected chi connectivity index (χ4v) is 3.03. The van der Waals surface area contributed by atoms with Gasteiger partial charge in [-0.2, -0.15) is 0 Å². The van der Waals surface area contributed by atoms with Crippen LogP contribution in [0.4, 0.5) is 5.69 Å². The SMILES string of the molecule is CC(C)(C)Oc1ccc(NC2(C(=O)O)CCCCC2)cc1Cl. The molecule has 0 bridgehead atoms. The first-order valence-corrected chi connectivity index (χ1v) is 8.10. The molecular weight excluding hydrogens is 302 g/mol. The molecule has 0 saturated heterocycles. The van der Waals surface area contributed by atoms with Crippen molar-refractivity contribution in [2.75, 3.05) is 5.32 Å². The van der Waals surface area contributed by atoms with Gasteiger partial charge in [-0.15, -0.1) is 0 Å². The van der Waals surface area contributed by atoms with Crippen LogP contribution in [0.15, 0.2) is 18.2 Å². The number of anilines is 1. The summed E-state index contributed by atoms with van der Waals surface area (Å²) >= 11 is 6.27. The summed E-state index contributed by atoms with van der Waals surface area (Å²) in [5.74, 6) is -0.189. The molecule has 0 amide bonds. The summed E-state index contributed by atoms with van der Waals surface area (Å²) in [6.45, 7) is 5.87. The van der Waals surface area contributed by atoms with Crippen molar-refractivity contribution in [3.8, 4) is 5.75 Å². The van der Waals surface area contributed by atoms with Gasteiger partial charge in [0.25, 0.3) is 0 Å². The van der Waals surface area contributed by atoms with E-state index in [2.05, 4.69) is 5.32 Å². The summed E-state index contributed by atoms with van der Waals surface area (Å²) in [5.41, 5.74) is -0.492. The van der Waals surface area contributed by atoms with Crippen LogP contribution in [0, 0.1) is 0 Å². The van der Waals surface area contributed by atoms with Gasteiger partial charge in [0, 0.05) is 5.69 Å². The van der Waals surface area contributed by atoms with Crippen molar-refractivity contribution in [2.24, 2.45) is 0 Å². The molecule has 1 fully saturated rings. The quantitative estimate of drug-likeness (QED) is 0.841. The van der Waals surface area contributed by atoms with E-state index in [-0.39, 0.29) is 5.60 Å². The fourth-order valence-electron chi connectivity index (χ4n) is 2.82. The molecule has 1 aliphatic rings. The lowest BCUT2D eigenvalue weighted by Crippen LogP contribution is -2.47. The van der Waals surface area contributed by atoms with Gasteiger partial charge < -0.3 is 15.2 Å². The fraction of sp³-hybridized carbons (Fsp3) is 0.588. The van der Waals surface area contributed by atoms with Gasteiger partial charge in [-0.05, 0) is 51.8 Å². The summed E-state index contributed by atoms with van der Waals surface area (Å²) in [7, 11) is 0. The van der Waals surface area contributed by atoms with E-state index in [1.807, 2.05) is 26.8 Å². The number of benzene rings is 1. The minimum absolute atomic E-state index is 0.329. The van der Waals surface area contributed by atoms with E-state index in [1.54, 1.807) is 12.1 Å². The molecule has 0 spiro atoms. The number of hydrogen-bond acceptors (Lipinski definition) is 3. The molecule has 0 aromatic heterocycles. The Labute approximate surface area is 136 Å². The third-order valence-electron chi connectivity index (χ3n) is 3.85. The first-order chi connectivity index (χ1) is 10.2. The Morgan fingerprint density at radius 3 is 2.41 bits per heavy atom. The first kappa shape index (κ1) is 16.9. The summed E-state index contributed by atoms with van der Waals surface area (Å²) < 4.78 is 5.77. The molecule has 1 aromatic carbocycles. The summed E-state index contributed by atoms with van der Waals surface area (Å²) in [6.07, 6.45) is 4.23. The Balaban J connectivity index is 2.19. The van der Waals surface area contributed by atoms with E-state index in [4.69, 9.17) is 16.3 Å². The van der Waals surface area contributed by atoms with Crippen LogP contribution in [-0.2, 0) is 4.79 Å². The Morgan fingerprint density at radius 2 is 1.91 bits per heavy atom. The average Bonchev–Trinajstić information content (AvgIpc) is 2.41. The van der Waals surface area contributed by atoms with Crippen molar-refractivity contribution in [1.29, 1.82) is 0 Å². The number of halogens is 1. The predicted molar refractivity (Wildman–Crippen MR) is 88.9 cm³/mol. The Kier molecular flexibility index (Phi) is 4.90. The van der Waals surface area contributed by atoms with Gasteiger partial charge in [-0.3, -0.25) is 0 Å². The second kappa shape index (κ2) is 6.37. The topological polar surface area (TPSA) is 58.6 Å². The van der Waals surface area contributed by atoms with Crippen LogP contribution in [0.3, 0.4) is 0 Å². The smallest absolute Gasteiger partial charge is 0.329 e. The highest BCUT2D eigenvalue weighted by Crippen LogP contribution is 2.35. The predicted octanol–water partition coefficient (Wildman–Crippen LogP) is 4.72. The number of ether oxygens (including phenoxy) is 1. The second-order valence-corrected chi connectivity index (χ2v) is 7.34. The van der Waals surface area contributed by atoms with Crippen molar-refractivity contribution in [1.82, 2.24) is 0 Å². The molecule has 0 radical (unpaired) electrons. The molecule has 5 heteroatoms. The van der Waals surface area contributed by atoms with E-state index < -0.39 is 11.5 Å². The van der Waals surface area contributed by atoms with E-state index in [0.29, 0.717) is 23.6 Å². The Bertz CT molecular complexity index is 545. The van der Waals surface area contributed by atoms with Crippen molar-refractivity contribution >= 4 is 23.3 Å². The van der Waals surface area contributed by atoms with Crippen LogP contribution in [0.5, 0.6) is 5.75 Å². The van der Waals surface area contributed by atoms with E-state index in [0.717, 1.165) is 24.9 Å². The molecule has 122 valence electrons. The van der Waals surface area contributed by atoms with Gasteiger partial charge in [0.2, 0.25) is 0 Å². The zero-order valence-electron chi connectivity index (χ0n) is 13.4. The molecule has 0 heterocycles. The molecule has 2 N–H and O–H groups in total. The van der Waals surface area contributed by atoms with Gasteiger partial charge in [0.15, 0.2) is 0 Å². The minimum Gasteiger partial charge on any atom is -0.487 e. The number of carboxylic acids is 1. The molecule has 4 nitrogen and oxygen atoms in total. The highest BCUT2D eigenvalue weighted by molar-refractivity contribution is 6.32. The van der Waals surface area contributed by atoms with Crippen molar-refractivity contribution in [3.05, 3.63) is 23.2 Å². The van der Waals surface area contributed by atoms with E-state index in [9.17, 15) is 9.90 Å². The standard InChI is InChI=1S/C17H24ClNO3/c1-16(2,3)22-14-8-7-12(11-13(14)18)19-17(15(20)21)9-5-4-6-10-17/h7-8,11,19H,4-6,9-10H2,1-3H3,(H,20,21). The molecule has 1 saturated carbocycles. The van der Waals surface area contributed by atoms with Crippen LogP contribution in [0.2, 0.25) is 5.02 Å². The summed E-state index contributed by atoms with van der Waals surface area (Å²) in [5, 5.41) is 13.3. The molecule has 0 aliphatic heterocycles. The second-order valence-electron chi connectivity index (χ2n) is 6.93. The third kappa shape index (κ3) is 4.07. The van der Waals surface area contributed by atoms with E-state index >= 15 is 0 Å². The van der Waals surface area contributed by atoms with Crippen LogP contribution < -0.4 is 10.1 Å². The van der Waals surface area contributed by atoms with Gasteiger partial charge in [0.05, 0.1) is 5.02 Å². The lowest BCUT2D eigenvalue weighted by atomic mass is 9.81. The number of rotatable bonds is 4. The maximum atomic E-state index is 11.7. The lowest BCUT2D eigenvalue weighted by molar-refractivity contribution is -0.143. The van der Waals surface area contributed by atoms with Crippen LogP contribution >= 0.6 is 11.6 Å². The number of aliphatic carboxylic acids is 1.